The summed E-state index contributed by atoms with van der Waals surface area (Å²) >= 11 is 0. The third kappa shape index (κ3) is 2.15. The Balaban J connectivity index is 2.51. The van der Waals surface area contributed by atoms with Crippen LogP contribution in [0.3, 0.4) is 0 Å². The second-order valence-electron chi connectivity index (χ2n) is 4.86. The second kappa shape index (κ2) is 5.27. The average molecular weight is 302 g/mol. The maximum absolute atomic E-state index is 14.0. The summed E-state index contributed by atoms with van der Waals surface area (Å²) in [5.74, 6) is -1.47. The predicted octanol–water partition coefficient (Wildman–Crippen LogP) is 2.08. The van der Waals surface area contributed by atoms with Crippen molar-refractivity contribution in [3.63, 3.8) is 0 Å². The Morgan fingerprint density at radius 1 is 1.23 bits per heavy atom. The molecule has 0 bridgehead atoms. The third-order valence-corrected chi connectivity index (χ3v) is 3.26. The summed E-state index contributed by atoms with van der Waals surface area (Å²) in [6, 6.07) is 4.42. The maximum Gasteiger partial charge on any atom is 0.269 e. The average Bonchev–Trinajstić information content (AvgIpc) is 2.51. The first-order valence-electron chi connectivity index (χ1n) is 6.57. The number of halogens is 2. The van der Waals surface area contributed by atoms with E-state index in [0.29, 0.717) is 5.69 Å². The van der Waals surface area contributed by atoms with Gasteiger partial charge in [-0.3, -0.25) is 14.3 Å². The molecule has 0 aliphatic heterocycles. The zero-order valence-corrected chi connectivity index (χ0v) is 11.6. The van der Waals surface area contributed by atoms with Crippen molar-refractivity contribution in [3.8, 4) is 5.69 Å². The van der Waals surface area contributed by atoms with E-state index in [1.807, 2.05) is 0 Å². The normalized spacial score (nSPS) is 12.5. The van der Waals surface area contributed by atoms with Crippen molar-refractivity contribution in [2.24, 2.45) is 5.73 Å². The van der Waals surface area contributed by atoms with Crippen molar-refractivity contribution < 1.29 is 8.78 Å². The van der Waals surface area contributed by atoms with Gasteiger partial charge in [0.15, 0.2) is 0 Å². The minimum Gasteiger partial charge on any atom is -0.322 e. The zero-order chi connectivity index (χ0) is 15.9. The Morgan fingerprint density at radius 2 is 1.95 bits per heavy atom. The van der Waals surface area contributed by atoms with Gasteiger partial charge >= 0.3 is 0 Å². The Kier molecular flexibility index (Phi) is 3.42. The zero-order valence-electron chi connectivity index (χ0n) is 11.6. The molecule has 1 atom stereocenters. The van der Waals surface area contributed by atoms with Gasteiger partial charge in [0.05, 0.1) is 17.9 Å². The van der Waals surface area contributed by atoms with Gasteiger partial charge in [0.1, 0.15) is 28.4 Å². The van der Waals surface area contributed by atoms with Crippen LogP contribution in [0.2, 0.25) is 0 Å². The van der Waals surface area contributed by atoms with E-state index in [2.05, 4.69) is 9.97 Å². The fraction of sp³-hybridized carbons (Fsp3) is 0.133. The number of hydrogen-bond acceptors (Lipinski definition) is 4. The van der Waals surface area contributed by atoms with Crippen LogP contribution in [0, 0.1) is 11.6 Å². The second-order valence-corrected chi connectivity index (χ2v) is 4.86. The number of aromatic nitrogens is 3. The van der Waals surface area contributed by atoms with Crippen molar-refractivity contribution >= 4 is 10.9 Å². The number of nitrogens with zero attached hydrogens (tertiary/aromatic N) is 3. The molecular weight excluding hydrogens is 290 g/mol. The quantitative estimate of drug-likeness (QED) is 0.786. The lowest BCUT2D eigenvalue weighted by molar-refractivity contribution is 0.607. The summed E-state index contributed by atoms with van der Waals surface area (Å²) in [5, 5.41) is -0.409. The summed E-state index contributed by atoms with van der Waals surface area (Å²) in [7, 11) is 0. The number of benzene rings is 1. The number of pyridine rings is 1. The molecular formula is C15H12F2N4O. The Bertz CT molecular complexity index is 907. The largest absolute Gasteiger partial charge is 0.322 e. The van der Waals surface area contributed by atoms with Gasteiger partial charge in [0.25, 0.3) is 5.56 Å². The van der Waals surface area contributed by atoms with E-state index in [9.17, 15) is 13.6 Å². The molecule has 2 aromatic heterocycles. The molecule has 0 radical (unpaired) electrons. The van der Waals surface area contributed by atoms with Crippen molar-refractivity contribution in [1.82, 2.24) is 14.5 Å². The SMILES string of the molecule is CC(N)c1nc2c(F)ccc(F)c2c(=O)n1-c1cccnc1. The lowest BCUT2D eigenvalue weighted by Gasteiger charge is -2.16. The number of fused-ring (bicyclic) bond motifs is 1. The summed E-state index contributed by atoms with van der Waals surface area (Å²) in [6.45, 7) is 1.61. The van der Waals surface area contributed by atoms with Crippen LogP contribution in [0.4, 0.5) is 8.78 Å². The summed E-state index contributed by atoms with van der Waals surface area (Å²) in [6.07, 6.45) is 2.97. The fourth-order valence-electron chi connectivity index (χ4n) is 2.28. The van der Waals surface area contributed by atoms with Crippen molar-refractivity contribution in [2.75, 3.05) is 0 Å². The highest BCUT2D eigenvalue weighted by Crippen LogP contribution is 2.20. The van der Waals surface area contributed by atoms with Crippen LogP contribution in [0.5, 0.6) is 0 Å². The first-order valence-corrected chi connectivity index (χ1v) is 6.57. The van der Waals surface area contributed by atoms with Crippen LogP contribution < -0.4 is 11.3 Å². The molecule has 0 saturated heterocycles. The summed E-state index contributed by atoms with van der Waals surface area (Å²) in [4.78, 5) is 20.7. The molecule has 0 saturated carbocycles. The van der Waals surface area contributed by atoms with E-state index >= 15 is 0 Å². The molecule has 2 N–H and O–H groups in total. The highest BCUT2D eigenvalue weighted by molar-refractivity contribution is 5.79. The van der Waals surface area contributed by atoms with E-state index < -0.39 is 28.6 Å². The van der Waals surface area contributed by atoms with Gasteiger partial charge in [0, 0.05) is 6.20 Å². The third-order valence-electron chi connectivity index (χ3n) is 3.26. The molecule has 3 rings (SSSR count). The first kappa shape index (κ1) is 14.3. The molecule has 7 heteroatoms. The van der Waals surface area contributed by atoms with Crippen LogP contribution in [0.1, 0.15) is 18.8 Å². The monoisotopic (exact) mass is 302 g/mol. The topological polar surface area (TPSA) is 73.8 Å². The van der Waals surface area contributed by atoms with E-state index in [1.54, 1.807) is 19.1 Å². The van der Waals surface area contributed by atoms with Crippen molar-refractivity contribution in [3.05, 3.63) is 64.5 Å². The van der Waals surface area contributed by atoms with Gasteiger partial charge in [-0.1, -0.05) is 0 Å². The molecule has 112 valence electrons. The van der Waals surface area contributed by atoms with Gasteiger partial charge in [-0.25, -0.2) is 13.8 Å². The fourth-order valence-corrected chi connectivity index (χ4v) is 2.28. The molecule has 1 unspecified atom stereocenters. The van der Waals surface area contributed by atoms with E-state index in [-0.39, 0.29) is 11.3 Å². The molecule has 0 amide bonds. The summed E-state index contributed by atoms with van der Waals surface area (Å²) in [5.41, 5.74) is 5.19. The van der Waals surface area contributed by atoms with Gasteiger partial charge < -0.3 is 5.73 Å². The molecule has 0 spiro atoms. The highest BCUT2D eigenvalue weighted by Gasteiger charge is 2.20. The van der Waals surface area contributed by atoms with Crippen LogP contribution in [-0.2, 0) is 0 Å². The van der Waals surface area contributed by atoms with Gasteiger partial charge in [-0.05, 0) is 31.2 Å². The number of hydrogen-bond donors (Lipinski definition) is 1. The van der Waals surface area contributed by atoms with Gasteiger partial charge in [0.2, 0.25) is 0 Å². The molecule has 0 aliphatic rings. The number of nitrogens with two attached hydrogens (primary N) is 1. The van der Waals surface area contributed by atoms with Crippen LogP contribution in [-0.4, -0.2) is 14.5 Å². The van der Waals surface area contributed by atoms with Gasteiger partial charge in [-0.2, -0.15) is 0 Å². The molecule has 2 heterocycles. The Hall–Kier alpha value is -2.67. The van der Waals surface area contributed by atoms with E-state index in [4.69, 9.17) is 5.73 Å². The smallest absolute Gasteiger partial charge is 0.269 e. The molecule has 0 fully saturated rings. The molecule has 1 aromatic carbocycles. The van der Waals surface area contributed by atoms with Gasteiger partial charge in [-0.15, -0.1) is 0 Å². The lowest BCUT2D eigenvalue weighted by atomic mass is 10.2. The maximum atomic E-state index is 14.0. The van der Waals surface area contributed by atoms with Crippen LogP contribution in [0.15, 0.2) is 41.5 Å². The van der Waals surface area contributed by atoms with Crippen molar-refractivity contribution in [1.29, 1.82) is 0 Å². The predicted molar refractivity (Wildman–Crippen MR) is 77.7 cm³/mol. The first-order chi connectivity index (χ1) is 10.5. The van der Waals surface area contributed by atoms with Crippen molar-refractivity contribution in [2.45, 2.75) is 13.0 Å². The molecule has 3 aromatic rings. The minimum absolute atomic E-state index is 0.134. The highest BCUT2D eigenvalue weighted by atomic mass is 19.1. The summed E-state index contributed by atoms with van der Waals surface area (Å²) < 4.78 is 29.0. The molecule has 5 nitrogen and oxygen atoms in total. The number of rotatable bonds is 2. The van der Waals surface area contributed by atoms with Crippen LogP contribution >= 0.6 is 0 Å². The standard InChI is InChI=1S/C15H12F2N4O/c1-8(18)14-20-13-11(17)5-4-10(16)12(13)15(22)21(14)9-3-2-6-19-7-9/h2-8H,18H2,1H3. The van der Waals surface area contributed by atoms with Crippen LogP contribution in [0.25, 0.3) is 16.6 Å². The molecule has 22 heavy (non-hydrogen) atoms. The lowest BCUT2D eigenvalue weighted by Crippen LogP contribution is -2.28. The van der Waals surface area contributed by atoms with E-state index in [0.717, 1.165) is 16.7 Å². The Labute approximate surface area is 124 Å². The minimum atomic E-state index is -0.831. The van der Waals surface area contributed by atoms with E-state index in [1.165, 1.54) is 12.4 Å². The Morgan fingerprint density at radius 3 is 2.59 bits per heavy atom. The molecule has 0 aliphatic carbocycles.